The van der Waals surface area contributed by atoms with Gasteiger partial charge < -0.3 is 15.6 Å². The van der Waals surface area contributed by atoms with Crippen molar-refractivity contribution < 1.29 is 14.6 Å². The van der Waals surface area contributed by atoms with Crippen molar-refractivity contribution in [3.63, 3.8) is 0 Å². The number of rotatable bonds is 3. The first-order chi connectivity index (χ1) is 6.56. The van der Waals surface area contributed by atoms with Crippen molar-refractivity contribution in [2.24, 2.45) is 5.73 Å². The quantitative estimate of drug-likeness (QED) is 0.800. The highest BCUT2D eigenvalue weighted by molar-refractivity contribution is 6.30. The summed E-state index contributed by atoms with van der Waals surface area (Å²) in [5.41, 5.74) is 5.85. The molecule has 0 amide bonds. The molecule has 14 heavy (non-hydrogen) atoms. The Balaban J connectivity index is 3.13. The molecule has 0 spiro atoms. The highest BCUT2D eigenvalue weighted by Crippen LogP contribution is 2.27. The van der Waals surface area contributed by atoms with Crippen LogP contribution in [-0.2, 0) is 4.79 Å². The van der Waals surface area contributed by atoms with Gasteiger partial charge in [-0.05, 0) is 12.1 Å². The van der Waals surface area contributed by atoms with Crippen LogP contribution in [0.2, 0.25) is 5.02 Å². The number of hydrogen-bond acceptors (Lipinski definition) is 3. The fourth-order valence-corrected chi connectivity index (χ4v) is 1.24. The number of aliphatic carboxylic acids is 1. The molecule has 5 heteroatoms. The van der Waals surface area contributed by atoms with Crippen LogP contribution >= 0.6 is 11.6 Å². The topological polar surface area (TPSA) is 72.5 Å². The number of nitrogens with two attached hydrogens (primary N) is 1. The van der Waals surface area contributed by atoms with Crippen molar-refractivity contribution in [3.05, 3.63) is 28.8 Å². The minimum atomic E-state index is -1.11. The highest BCUT2D eigenvalue weighted by Gasteiger charge is 2.18. The summed E-state index contributed by atoms with van der Waals surface area (Å²) in [4.78, 5) is 10.6. The van der Waals surface area contributed by atoms with Gasteiger partial charge in [0.2, 0.25) is 0 Å². The highest BCUT2D eigenvalue weighted by atomic mass is 35.5. The van der Waals surface area contributed by atoms with Crippen LogP contribution in [0.25, 0.3) is 0 Å². The number of hydrogen-bond donors (Lipinski definition) is 2. The van der Waals surface area contributed by atoms with Crippen LogP contribution in [-0.4, -0.2) is 18.2 Å². The predicted molar refractivity (Wildman–Crippen MR) is 52.6 cm³/mol. The molecule has 0 saturated heterocycles. The smallest absolute Gasteiger partial charge is 0.325 e. The van der Waals surface area contributed by atoms with E-state index in [9.17, 15) is 4.79 Å². The van der Waals surface area contributed by atoms with E-state index in [1.165, 1.54) is 13.2 Å². The second-order valence-electron chi connectivity index (χ2n) is 2.70. The summed E-state index contributed by atoms with van der Waals surface area (Å²) < 4.78 is 4.97. The molecule has 3 N–H and O–H groups in total. The standard InChI is InChI=1S/C9H10ClNO3/c1-14-7-4-5(10)2-3-6(7)8(11)9(12)13/h2-4,8H,11H2,1H3,(H,12,13)/t8-/m1/s1. The van der Waals surface area contributed by atoms with E-state index in [1.54, 1.807) is 12.1 Å². The minimum Gasteiger partial charge on any atom is -0.496 e. The van der Waals surface area contributed by atoms with Crippen molar-refractivity contribution in [3.8, 4) is 5.75 Å². The number of benzene rings is 1. The molecule has 0 heterocycles. The number of halogens is 1. The van der Waals surface area contributed by atoms with Gasteiger partial charge in [-0.2, -0.15) is 0 Å². The fraction of sp³-hybridized carbons (Fsp3) is 0.222. The van der Waals surface area contributed by atoms with Crippen LogP contribution in [0.4, 0.5) is 0 Å². The molecule has 0 unspecified atom stereocenters. The molecule has 0 aliphatic carbocycles. The molecule has 1 aromatic carbocycles. The third-order valence-corrected chi connectivity index (χ3v) is 2.03. The van der Waals surface area contributed by atoms with E-state index in [-0.39, 0.29) is 0 Å². The van der Waals surface area contributed by atoms with Crippen LogP contribution in [0, 0.1) is 0 Å². The maximum absolute atomic E-state index is 10.6. The maximum Gasteiger partial charge on any atom is 0.325 e. The van der Waals surface area contributed by atoms with Crippen molar-refractivity contribution in [1.82, 2.24) is 0 Å². The second kappa shape index (κ2) is 4.30. The number of ether oxygens (including phenoxy) is 1. The third kappa shape index (κ3) is 2.16. The second-order valence-corrected chi connectivity index (χ2v) is 3.14. The lowest BCUT2D eigenvalue weighted by molar-refractivity contribution is -0.138. The summed E-state index contributed by atoms with van der Waals surface area (Å²) in [6.45, 7) is 0. The molecule has 0 aliphatic rings. The zero-order valence-corrected chi connectivity index (χ0v) is 8.28. The molecule has 0 fully saturated rings. The lowest BCUT2D eigenvalue weighted by Crippen LogP contribution is -2.21. The van der Waals surface area contributed by atoms with Gasteiger partial charge in [-0.15, -0.1) is 0 Å². The number of methoxy groups -OCH3 is 1. The first kappa shape index (κ1) is 10.8. The van der Waals surface area contributed by atoms with E-state index >= 15 is 0 Å². The molecule has 1 rings (SSSR count). The Morgan fingerprint density at radius 1 is 1.64 bits per heavy atom. The molecule has 0 aliphatic heterocycles. The molecule has 0 saturated carbocycles. The molecule has 76 valence electrons. The number of carbonyl (C=O) groups is 1. The Bertz CT molecular complexity index is 354. The van der Waals surface area contributed by atoms with E-state index in [0.29, 0.717) is 16.3 Å². The van der Waals surface area contributed by atoms with Crippen LogP contribution in [0.1, 0.15) is 11.6 Å². The van der Waals surface area contributed by atoms with Gasteiger partial charge in [0.15, 0.2) is 0 Å². The molecule has 4 nitrogen and oxygen atoms in total. The zero-order chi connectivity index (χ0) is 10.7. The van der Waals surface area contributed by atoms with E-state index in [4.69, 9.17) is 27.2 Å². The van der Waals surface area contributed by atoms with E-state index in [2.05, 4.69) is 0 Å². The van der Waals surface area contributed by atoms with E-state index < -0.39 is 12.0 Å². The van der Waals surface area contributed by atoms with Gasteiger partial charge in [0.25, 0.3) is 0 Å². The molecular weight excluding hydrogens is 206 g/mol. The molecule has 0 radical (unpaired) electrons. The van der Waals surface area contributed by atoms with Crippen LogP contribution in [0.3, 0.4) is 0 Å². The van der Waals surface area contributed by atoms with Crippen LogP contribution < -0.4 is 10.5 Å². The van der Waals surface area contributed by atoms with Gasteiger partial charge in [-0.1, -0.05) is 17.7 Å². The van der Waals surface area contributed by atoms with Crippen LogP contribution in [0.15, 0.2) is 18.2 Å². The fourth-order valence-electron chi connectivity index (χ4n) is 1.07. The Morgan fingerprint density at radius 3 is 2.79 bits per heavy atom. The van der Waals surface area contributed by atoms with Crippen molar-refractivity contribution in [2.45, 2.75) is 6.04 Å². The number of carboxylic acids is 1. The van der Waals surface area contributed by atoms with Crippen molar-refractivity contribution in [2.75, 3.05) is 7.11 Å². The Kier molecular flexibility index (Phi) is 3.33. The number of carboxylic acid groups (broad SMARTS) is 1. The average Bonchev–Trinajstić information content (AvgIpc) is 2.16. The van der Waals surface area contributed by atoms with E-state index in [1.807, 2.05) is 0 Å². The molecule has 1 atom stereocenters. The summed E-state index contributed by atoms with van der Waals surface area (Å²) in [7, 11) is 1.43. The maximum atomic E-state index is 10.6. The first-order valence-corrected chi connectivity index (χ1v) is 4.26. The van der Waals surface area contributed by atoms with Crippen molar-refractivity contribution >= 4 is 17.6 Å². The van der Waals surface area contributed by atoms with Gasteiger partial charge in [0, 0.05) is 10.6 Å². The van der Waals surface area contributed by atoms with Gasteiger partial charge in [-0.25, -0.2) is 0 Å². The summed E-state index contributed by atoms with van der Waals surface area (Å²) in [6, 6.07) is 3.55. The average molecular weight is 216 g/mol. The summed E-state index contributed by atoms with van der Waals surface area (Å²) >= 11 is 5.71. The zero-order valence-electron chi connectivity index (χ0n) is 7.53. The van der Waals surface area contributed by atoms with Gasteiger partial charge in [-0.3, -0.25) is 4.79 Å². The Morgan fingerprint density at radius 2 is 2.29 bits per heavy atom. The third-order valence-electron chi connectivity index (χ3n) is 1.80. The van der Waals surface area contributed by atoms with Crippen molar-refractivity contribution in [1.29, 1.82) is 0 Å². The Hall–Kier alpha value is -1.26. The lowest BCUT2D eigenvalue weighted by atomic mass is 10.1. The van der Waals surface area contributed by atoms with E-state index in [0.717, 1.165) is 0 Å². The van der Waals surface area contributed by atoms with Gasteiger partial charge >= 0.3 is 5.97 Å². The van der Waals surface area contributed by atoms with Gasteiger partial charge in [0.1, 0.15) is 11.8 Å². The minimum absolute atomic E-state index is 0.382. The molecular formula is C9H10ClNO3. The summed E-state index contributed by atoms with van der Waals surface area (Å²) in [5, 5.41) is 9.19. The first-order valence-electron chi connectivity index (χ1n) is 3.88. The lowest BCUT2D eigenvalue weighted by Gasteiger charge is -2.11. The predicted octanol–water partition coefficient (Wildman–Crippen LogP) is 1.43. The molecule has 1 aromatic rings. The monoisotopic (exact) mass is 215 g/mol. The van der Waals surface area contributed by atoms with Gasteiger partial charge in [0.05, 0.1) is 7.11 Å². The SMILES string of the molecule is COc1cc(Cl)ccc1[C@@H](N)C(=O)O. The molecule has 0 aromatic heterocycles. The summed E-state index contributed by atoms with van der Waals surface area (Å²) in [6.07, 6.45) is 0. The van der Waals surface area contributed by atoms with Crippen LogP contribution in [0.5, 0.6) is 5.75 Å². The normalized spacial score (nSPS) is 12.2. The summed E-state index contributed by atoms with van der Waals surface area (Å²) in [5.74, 6) is -0.724. The largest absolute Gasteiger partial charge is 0.496 e. The molecule has 0 bridgehead atoms. The Labute approximate surface area is 86.2 Å².